The second kappa shape index (κ2) is 6.14. The number of ether oxygens (including phenoxy) is 1. The average molecular weight is 277 g/mol. The monoisotopic (exact) mass is 276 g/mol. The number of Topliss-reactive ketones (excluding diaryl/α,β-unsaturated/α-hetero) is 1. The molecule has 0 unspecified atom stereocenters. The van der Waals surface area contributed by atoms with Crippen molar-refractivity contribution in [3.05, 3.63) is 29.3 Å². The summed E-state index contributed by atoms with van der Waals surface area (Å²) in [5, 5.41) is -3.87. The molecule has 0 aliphatic rings. The van der Waals surface area contributed by atoms with Crippen LogP contribution in [0.25, 0.3) is 0 Å². The second-order valence-corrected chi connectivity index (χ2v) is 4.48. The maximum absolute atomic E-state index is 12.7. The first kappa shape index (κ1) is 14.9. The summed E-state index contributed by atoms with van der Waals surface area (Å²) in [6.07, 6.45) is 1.92. The van der Waals surface area contributed by atoms with Crippen LogP contribution >= 0.6 is 11.6 Å². The van der Waals surface area contributed by atoms with Gasteiger partial charge in [-0.05, 0) is 48.7 Å². The minimum absolute atomic E-state index is 0.0853. The van der Waals surface area contributed by atoms with Gasteiger partial charge in [-0.25, -0.2) is 0 Å². The molecule has 0 saturated carbocycles. The number of halogens is 3. The minimum Gasteiger partial charge on any atom is -0.494 e. The number of hydrogen-bond donors (Lipinski definition) is 0. The molecule has 0 spiro atoms. The van der Waals surface area contributed by atoms with E-state index in [2.05, 4.69) is 0 Å². The van der Waals surface area contributed by atoms with Gasteiger partial charge in [-0.1, -0.05) is 13.3 Å². The molecule has 0 N–H and O–H groups in total. The van der Waals surface area contributed by atoms with E-state index in [-0.39, 0.29) is 5.56 Å². The third-order valence-corrected chi connectivity index (χ3v) is 2.64. The van der Waals surface area contributed by atoms with E-state index in [1.165, 1.54) is 12.1 Å². The van der Waals surface area contributed by atoms with E-state index in [1.807, 2.05) is 6.92 Å². The number of alkyl halides is 3. The Morgan fingerprint density at radius 1 is 1.44 bits per heavy atom. The fourth-order valence-corrected chi connectivity index (χ4v) is 1.57. The molecule has 0 aliphatic carbocycles. The molecular weight excluding hydrogens is 262 g/mol. The highest BCUT2D eigenvalue weighted by atomic mass is 35.5. The quantitative estimate of drug-likeness (QED) is 0.442. The van der Waals surface area contributed by atoms with Gasteiger partial charge in [0.2, 0.25) is 5.78 Å². The smallest absolute Gasteiger partial charge is 0.384 e. The predicted octanol–water partition coefficient (Wildman–Crippen LogP) is 4.19. The Hall–Kier alpha value is -1.16. The Bertz CT molecular complexity index is 427. The Kier molecular flexibility index (Phi) is 5.08. The second-order valence-electron chi connectivity index (χ2n) is 4.01. The van der Waals surface area contributed by atoms with E-state index in [9.17, 15) is 13.6 Å². The van der Waals surface area contributed by atoms with E-state index in [0.717, 1.165) is 12.8 Å². The SMILES string of the molecule is CCCCOc1ccc(C(=O)C(F)(F)Cl)c(C)c1. The summed E-state index contributed by atoms with van der Waals surface area (Å²) in [5.74, 6) is -0.822. The molecule has 0 saturated heterocycles. The van der Waals surface area contributed by atoms with Crippen molar-refractivity contribution in [1.82, 2.24) is 0 Å². The van der Waals surface area contributed by atoms with Crippen molar-refractivity contribution >= 4 is 17.4 Å². The fraction of sp³-hybridized carbons (Fsp3) is 0.462. The minimum atomic E-state index is -3.87. The number of hydrogen-bond acceptors (Lipinski definition) is 2. The first-order valence-corrected chi connectivity index (χ1v) is 6.09. The third-order valence-electron chi connectivity index (χ3n) is 2.47. The molecule has 5 heteroatoms. The van der Waals surface area contributed by atoms with Gasteiger partial charge in [0.05, 0.1) is 6.61 Å². The summed E-state index contributed by atoms with van der Waals surface area (Å²) in [5.41, 5.74) is 0.340. The lowest BCUT2D eigenvalue weighted by Gasteiger charge is -2.11. The van der Waals surface area contributed by atoms with Gasteiger partial charge in [-0.2, -0.15) is 8.78 Å². The van der Waals surface area contributed by atoms with Gasteiger partial charge < -0.3 is 4.74 Å². The lowest BCUT2D eigenvalue weighted by atomic mass is 10.0. The molecule has 0 bridgehead atoms. The number of benzene rings is 1. The summed E-state index contributed by atoms with van der Waals surface area (Å²) in [6, 6.07) is 4.37. The average Bonchev–Trinajstić information content (AvgIpc) is 2.27. The Balaban J connectivity index is 2.83. The zero-order valence-corrected chi connectivity index (χ0v) is 11.1. The van der Waals surface area contributed by atoms with Crippen molar-refractivity contribution in [3.8, 4) is 5.75 Å². The van der Waals surface area contributed by atoms with Gasteiger partial charge in [0.15, 0.2) is 0 Å². The molecule has 0 aliphatic heterocycles. The van der Waals surface area contributed by atoms with Gasteiger partial charge in [0, 0.05) is 5.56 Å². The van der Waals surface area contributed by atoms with Gasteiger partial charge >= 0.3 is 5.38 Å². The van der Waals surface area contributed by atoms with Crippen LogP contribution in [0, 0.1) is 6.92 Å². The lowest BCUT2D eigenvalue weighted by Crippen LogP contribution is -2.22. The molecule has 0 radical (unpaired) electrons. The Labute approximate surface area is 110 Å². The number of unbranched alkanes of at least 4 members (excludes halogenated alkanes) is 1. The molecule has 18 heavy (non-hydrogen) atoms. The first-order chi connectivity index (χ1) is 8.36. The summed E-state index contributed by atoms with van der Waals surface area (Å²) >= 11 is 4.72. The zero-order valence-electron chi connectivity index (χ0n) is 10.3. The van der Waals surface area contributed by atoms with Gasteiger partial charge in [-0.3, -0.25) is 4.79 Å². The molecule has 0 fully saturated rings. The van der Waals surface area contributed by atoms with Crippen molar-refractivity contribution in [2.45, 2.75) is 32.1 Å². The van der Waals surface area contributed by atoms with E-state index in [0.29, 0.717) is 17.9 Å². The van der Waals surface area contributed by atoms with E-state index in [1.54, 1.807) is 13.0 Å². The number of carbonyl (C=O) groups excluding carboxylic acids is 1. The van der Waals surface area contributed by atoms with Crippen LogP contribution in [0.15, 0.2) is 18.2 Å². The Morgan fingerprint density at radius 2 is 2.11 bits per heavy atom. The number of ketones is 1. The summed E-state index contributed by atoms with van der Waals surface area (Å²) < 4.78 is 30.8. The standard InChI is InChI=1S/C13H15ClF2O2/c1-3-4-7-18-10-5-6-11(9(2)8-10)12(17)13(14,15)16/h5-6,8H,3-4,7H2,1-2H3. The van der Waals surface area contributed by atoms with Crippen LogP contribution in [0.2, 0.25) is 0 Å². The molecule has 0 aromatic heterocycles. The van der Waals surface area contributed by atoms with Crippen LogP contribution < -0.4 is 4.74 Å². The third kappa shape index (κ3) is 3.95. The van der Waals surface area contributed by atoms with Crippen LogP contribution in [0.5, 0.6) is 5.75 Å². The van der Waals surface area contributed by atoms with Crippen LogP contribution in [0.3, 0.4) is 0 Å². The number of aryl methyl sites for hydroxylation is 1. The van der Waals surface area contributed by atoms with Crippen molar-refractivity contribution in [2.24, 2.45) is 0 Å². The molecule has 2 nitrogen and oxygen atoms in total. The molecule has 0 amide bonds. The maximum Gasteiger partial charge on any atom is 0.384 e. The highest BCUT2D eigenvalue weighted by Gasteiger charge is 2.37. The zero-order chi connectivity index (χ0) is 13.8. The van der Waals surface area contributed by atoms with Gasteiger partial charge in [0.1, 0.15) is 5.75 Å². The molecule has 1 rings (SSSR count). The Morgan fingerprint density at radius 3 is 2.61 bits per heavy atom. The predicted molar refractivity (Wildman–Crippen MR) is 66.7 cm³/mol. The molecule has 1 aromatic rings. The summed E-state index contributed by atoms with van der Waals surface area (Å²) in [4.78, 5) is 11.3. The first-order valence-electron chi connectivity index (χ1n) is 5.71. The van der Waals surface area contributed by atoms with E-state index in [4.69, 9.17) is 16.3 Å². The highest BCUT2D eigenvalue weighted by Crippen LogP contribution is 2.27. The topological polar surface area (TPSA) is 26.3 Å². The largest absolute Gasteiger partial charge is 0.494 e. The molecule has 0 atom stereocenters. The van der Waals surface area contributed by atoms with Crippen LogP contribution in [-0.4, -0.2) is 17.8 Å². The van der Waals surface area contributed by atoms with Crippen LogP contribution in [0.4, 0.5) is 8.78 Å². The highest BCUT2D eigenvalue weighted by molar-refractivity contribution is 6.35. The molecule has 1 aromatic carbocycles. The van der Waals surface area contributed by atoms with Crippen LogP contribution in [0.1, 0.15) is 35.7 Å². The van der Waals surface area contributed by atoms with Crippen LogP contribution in [-0.2, 0) is 0 Å². The number of rotatable bonds is 6. The molecular formula is C13H15ClF2O2. The lowest BCUT2D eigenvalue weighted by molar-refractivity contribution is 0.0535. The van der Waals surface area contributed by atoms with Crippen molar-refractivity contribution in [1.29, 1.82) is 0 Å². The fourth-order valence-electron chi connectivity index (χ4n) is 1.47. The van der Waals surface area contributed by atoms with E-state index >= 15 is 0 Å². The number of carbonyl (C=O) groups is 1. The summed E-state index contributed by atoms with van der Waals surface area (Å²) in [7, 11) is 0. The van der Waals surface area contributed by atoms with Crippen molar-refractivity contribution in [3.63, 3.8) is 0 Å². The molecule has 100 valence electrons. The maximum atomic E-state index is 12.7. The van der Waals surface area contributed by atoms with Gasteiger partial charge in [0.25, 0.3) is 0 Å². The van der Waals surface area contributed by atoms with Crippen molar-refractivity contribution in [2.75, 3.05) is 6.61 Å². The van der Waals surface area contributed by atoms with Crippen molar-refractivity contribution < 1.29 is 18.3 Å². The molecule has 0 heterocycles. The normalized spacial score (nSPS) is 11.4. The summed E-state index contributed by atoms with van der Waals surface area (Å²) in [6.45, 7) is 4.18. The van der Waals surface area contributed by atoms with E-state index < -0.39 is 11.2 Å². The van der Waals surface area contributed by atoms with Gasteiger partial charge in [-0.15, -0.1) is 0 Å².